The summed E-state index contributed by atoms with van der Waals surface area (Å²) in [6, 6.07) is 1.56. The Bertz CT molecular complexity index is 124. The molecule has 1 aromatic heterocycles. The average molecular weight is 98.1 g/mol. The lowest BCUT2D eigenvalue weighted by atomic mass is 10.5. The van der Waals surface area contributed by atoms with Gasteiger partial charge in [0.15, 0.2) is 0 Å². The van der Waals surface area contributed by atoms with Crippen LogP contribution >= 0.6 is 0 Å². The first-order valence-electron chi connectivity index (χ1n) is 1.81. The van der Waals surface area contributed by atoms with Crippen molar-refractivity contribution in [3.63, 3.8) is 0 Å². The number of hydrogen-bond donors (Lipinski definition) is 1. The molecule has 0 saturated heterocycles. The van der Waals surface area contributed by atoms with Gasteiger partial charge in [-0.05, 0) is 0 Å². The average Bonchev–Trinajstić information content (AvgIpc) is 2.14. The van der Waals surface area contributed by atoms with Crippen LogP contribution in [0, 0.1) is 6.61 Å². The van der Waals surface area contributed by atoms with Crippen LogP contribution in [0.25, 0.3) is 0 Å². The fourth-order valence-electron chi connectivity index (χ4n) is 0.288. The summed E-state index contributed by atoms with van der Waals surface area (Å²) in [5.41, 5.74) is 0.444. The summed E-state index contributed by atoms with van der Waals surface area (Å²) in [7, 11) is 0. The van der Waals surface area contributed by atoms with Crippen LogP contribution in [0.5, 0.6) is 0 Å². The van der Waals surface area contributed by atoms with Crippen molar-refractivity contribution in [3.05, 3.63) is 24.6 Å². The van der Waals surface area contributed by atoms with Crippen molar-refractivity contribution in [2.45, 2.75) is 0 Å². The van der Waals surface area contributed by atoms with Gasteiger partial charge in [-0.2, -0.15) is 0 Å². The minimum Gasteiger partial charge on any atom is -0.384 e. The van der Waals surface area contributed by atoms with Crippen molar-refractivity contribution in [3.8, 4) is 0 Å². The van der Waals surface area contributed by atoms with Gasteiger partial charge in [0.1, 0.15) is 18.6 Å². The van der Waals surface area contributed by atoms with Crippen molar-refractivity contribution in [2.24, 2.45) is 0 Å². The van der Waals surface area contributed by atoms with Gasteiger partial charge in [0, 0.05) is 6.07 Å². The molecule has 1 N–H and O–H groups in total. The fraction of sp³-hybridized carbons (Fsp3) is 0. The molecule has 1 radical (unpaired) electrons. The Balaban J connectivity index is 2.76. The minimum atomic E-state index is 0.444. The van der Waals surface area contributed by atoms with Crippen molar-refractivity contribution >= 4 is 0 Å². The zero-order chi connectivity index (χ0) is 5.11. The van der Waals surface area contributed by atoms with Crippen LogP contribution in [0.1, 0.15) is 5.69 Å². The number of hydrogen-bond acceptors (Lipinski definition) is 3. The lowest BCUT2D eigenvalue weighted by Gasteiger charge is -1.73. The maximum absolute atomic E-state index is 8.18. The number of aliphatic hydroxyl groups excluding tert-OH is 1. The van der Waals surface area contributed by atoms with Gasteiger partial charge >= 0.3 is 0 Å². The highest BCUT2D eigenvalue weighted by Gasteiger charge is 1.88. The lowest BCUT2D eigenvalue weighted by molar-refractivity contribution is 0.377. The van der Waals surface area contributed by atoms with Gasteiger partial charge in [0.25, 0.3) is 0 Å². The molecule has 3 nitrogen and oxygen atoms in total. The summed E-state index contributed by atoms with van der Waals surface area (Å²) in [5, 5.41) is 11.5. The molecule has 0 amide bonds. The van der Waals surface area contributed by atoms with E-state index < -0.39 is 0 Å². The third kappa shape index (κ3) is 0.778. The van der Waals surface area contributed by atoms with E-state index in [1.807, 2.05) is 0 Å². The Labute approximate surface area is 40.6 Å². The highest BCUT2D eigenvalue weighted by atomic mass is 16.5. The molecule has 0 atom stereocenters. The van der Waals surface area contributed by atoms with Crippen LogP contribution < -0.4 is 0 Å². The third-order valence-electron chi connectivity index (χ3n) is 0.590. The summed E-state index contributed by atoms with van der Waals surface area (Å²) < 4.78 is 4.36. The maximum Gasteiger partial charge on any atom is 0.131 e. The van der Waals surface area contributed by atoms with E-state index in [9.17, 15) is 0 Å². The smallest absolute Gasteiger partial charge is 0.131 e. The van der Waals surface area contributed by atoms with Crippen LogP contribution in [-0.4, -0.2) is 10.3 Å². The van der Waals surface area contributed by atoms with Crippen LogP contribution in [-0.2, 0) is 0 Å². The van der Waals surface area contributed by atoms with E-state index in [1.165, 1.54) is 6.26 Å². The van der Waals surface area contributed by atoms with Gasteiger partial charge in [-0.1, -0.05) is 5.16 Å². The summed E-state index contributed by atoms with van der Waals surface area (Å²) in [5.74, 6) is 0. The molecule has 0 unspecified atom stereocenters. The standard InChI is InChI=1S/C4H4NO2/c6-3-4-1-2-7-5-4/h1-3,6H. The SMILES string of the molecule is O[CH]c1ccon1. The largest absolute Gasteiger partial charge is 0.384 e. The van der Waals surface area contributed by atoms with E-state index in [1.54, 1.807) is 6.07 Å². The van der Waals surface area contributed by atoms with Crippen molar-refractivity contribution in [1.82, 2.24) is 5.16 Å². The molecule has 3 heteroatoms. The quantitative estimate of drug-likeness (QED) is 0.558. The maximum atomic E-state index is 8.18. The minimum absolute atomic E-state index is 0.444. The predicted octanol–water partition coefficient (Wildman–Crippen LogP) is 0.557. The van der Waals surface area contributed by atoms with E-state index in [0.717, 1.165) is 6.61 Å². The molecule has 1 heterocycles. The van der Waals surface area contributed by atoms with Gasteiger partial charge in [-0.25, -0.2) is 0 Å². The molecule has 1 rings (SSSR count). The zero-order valence-corrected chi connectivity index (χ0v) is 3.53. The Hall–Kier alpha value is -0.830. The van der Waals surface area contributed by atoms with Gasteiger partial charge in [0.05, 0.1) is 0 Å². The highest BCUT2D eigenvalue weighted by Crippen LogP contribution is 1.92. The zero-order valence-electron chi connectivity index (χ0n) is 3.53. The molecule has 0 aliphatic rings. The van der Waals surface area contributed by atoms with Gasteiger partial charge in [-0.15, -0.1) is 0 Å². The first-order valence-corrected chi connectivity index (χ1v) is 1.81. The van der Waals surface area contributed by atoms with Gasteiger partial charge < -0.3 is 9.63 Å². The molecule has 37 valence electrons. The summed E-state index contributed by atoms with van der Waals surface area (Å²) >= 11 is 0. The molecule has 0 saturated carbocycles. The second-order valence-electron chi connectivity index (χ2n) is 1.05. The topological polar surface area (TPSA) is 46.3 Å². The van der Waals surface area contributed by atoms with E-state index in [0.29, 0.717) is 5.69 Å². The summed E-state index contributed by atoms with van der Waals surface area (Å²) in [6.45, 7) is 0.878. The van der Waals surface area contributed by atoms with Crippen LogP contribution in [0.2, 0.25) is 0 Å². The number of rotatable bonds is 1. The Morgan fingerprint density at radius 1 is 1.86 bits per heavy atom. The molecule has 0 spiro atoms. The molecule has 0 aliphatic carbocycles. The fourth-order valence-corrected chi connectivity index (χ4v) is 0.288. The Morgan fingerprint density at radius 2 is 2.71 bits per heavy atom. The number of nitrogens with zero attached hydrogens (tertiary/aromatic N) is 1. The van der Waals surface area contributed by atoms with Crippen molar-refractivity contribution in [1.29, 1.82) is 0 Å². The number of aromatic nitrogens is 1. The second kappa shape index (κ2) is 1.75. The van der Waals surface area contributed by atoms with Crippen LogP contribution in [0.15, 0.2) is 16.9 Å². The van der Waals surface area contributed by atoms with Crippen LogP contribution in [0.4, 0.5) is 0 Å². The molecule has 7 heavy (non-hydrogen) atoms. The third-order valence-corrected chi connectivity index (χ3v) is 0.590. The van der Waals surface area contributed by atoms with E-state index >= 15 is 0 Å². The Kier molecular flexibility index (Phi) is 1.08. The molecule has 0 aromatic carbocycles. The molecule has 1 aromatic rings. The molecular formula is C4H4NO2. The van der Waals surface area contributed by atoms with E-state index in [2.05, 4.69) is 9.68 Å². The first-order chi connectivity index (χ1) is 3.43. The Morgan fingerprint density at radius 3 is 3.00 bits per heavy atom. The van der Waals surface area contributed by atoms with E-state index in [4.69, 9.17) is 5.11 Å². The van der Waals surface area contributed by atoms with E-state index in [-0.39, 0.29) is 0 Å². The van der Waals surface area contributed by atoms with Gasteiger partial charge in [-0.3, -0.25) is 0 Å². The van der Waals surface area contributed by atoms with Crippen LogP contribution in [0.3, 0.4) is 0 Å². The highest BCUT2D eigenvalue weighted by molar-refractivity contribution is 5.01. The molecular weight excluding hydrogens is 94.0 g/mol. The monoisotopic (exact) mass is 98.0 g/mol. The van der Waals surface area contributed by atoms with Crippen molar-refractivity contribution < 1.29 is 9.63 Å². The second-order valence-corrected chi connectivity index (χ2v) is 1.05. The molecule has 0 fully saturated rings. The molecule has 0 aliphatic heterocycles. The van der Waals surface area contributed by atoms with Gasteiger partial charge in [0.2, 0.25) is 0 Å². The number of aliphatic hydroxyl groups is 1. The molecule has 0 bridgehead atoms. The van der Waals surface area contributed by atoms with Crippen molar-refractivity contribution in [2.75, 3.05) is 0 Å². The lowest BCUT2D eigenvalue weighted by Crippen LogP contribution is -1.74. The summed E-state index contributed by atoms with van der Waals surface area (Å²) in [4.78, 5) is 0. The normalized spacial score (nSPS) is 9.29. The first kappa shape index (κ1) is 4.33. The summed E-state index contributed by atoms with van der Waals surface area (Å²) in [6.07, 6.45) is 1.39. The predicted molar refractivity (Wildman–Crippen MR) is 21.8 cm³/mol.